The first-order valence-electron chi connectivity index (χ1n) is 19.3. The monoisotopic (exact) mass is 814 g/mol. The summed E-state index contributed by atoms with van der Waals surface area (Å²) in [7, 11) is 2.98. The molecule has 306 valence electrons. The molecule has 0 radical (unpaired) electrons. The van der Waals surface area contributed by atoms with Gasteiger partial charge in [0.05, 0.1) is 37.6 Å². The summed E-state index contributed by atoms with van der Waals surface area (Å²) >= 11 is 1.44. The Morgan fingerprint density at radius 3 is 2.52 bits per heavy atom. The molecule has 4 N–H and O–H groups in total. The molecule has 1 spiro atoms. The van der Waals surface area contributed by atoms with Gasteiger partial charge in [0.2, 0.25) is 6.79 Å². The molecular weight excluding hydrogens is 769 g/mol. The van der Waals surface area contributed by atoms with Crippen LogP contribution in [0.15, 0.2) is 18.2 Å². The lowest BCUT2D eigenvalue weighted by atomic mass is 9.72. The number of benzene rings is 3. The van der Waals surface area contributed by atoms with E-state index >= 15 is 0 Å². The minimum absolute atomic E-state index is 0.0235. The third-order valence-corrected chi connectivity index (χ3v) is 13.7. The van der Waals surface area contributed by atoms with Gasteiger partial charge < -0.3 is 48.7 Å². The van der Waals surface area contributed by atoms with Gasteiger partial charge in [0.15, 0.2) is 40.0 Å². The molecule has 16 heteroatoms. The van der Waals surface area contributed by atoms with E-state index < -0.39 is 52.7 Å². The fourth-order valence-corrected chi connectivity index (χ4v) is 11.7. The second-order valence-corrected chi connectivity index (χ2v) is 17.8. The number of phenols is 2. The molecule has 2 fully saturated rings. The van der Waals surface area contributed by atoms with Gasteiger partial charge in [0.25, 0.3) is 0 Å². The summed E-state index contributed by atoms with van der Waals surface area (Å²) in [6, 6.07) is 5.13. The predicted octanol–water partition coefficient (Wildman–Crippen LogP) is 5.03. The van der Waals surface area contributed by atoms with Gasteiger partial charge in [-0.1, -0.05) is 6.07 Å². The number of ether oxygens (including phenoxy) is 7. The van der Waals surface area contributed by atoms with Crippen LogP contribution in [0.1, 0.15) is 82.6 Å². The van der Waals surface area contributed by atoms with Crippen LogP contribution in [0.2, 0.25) is 0 Å². The van der Waals surface area contributed by atoms with Gasteiger partial charge in [0, 0.05) is 46.6 Å². The molecule has 0 saturated carbocycles. The van der Waals surface area contributed by atoms with E-state index in [2.05, 4.69) is 21.6 Å². The Morgan fingerprint density at radius 2 is 1.79 bits per heavy atom. The predicted molar refractivity (Wildman–Crippen MR) is 209 cm³/mol. The first kappa shape index (κ1) is 38.4. The Labute approximate surface area is 339 Å². The number of carbonyl (C=O) groups excluding carboxylic acids is 2. The Hall–Kier alpha value is -5.08. The smallest absolute Gasteiger partial charge is 0.507 e. The minimum atomic E-state index is -1.41. The van der Waals surface area contributed by atoms with Crippen molar-refractivity contribution in [1.82, 2.24) is 15.5 Å². The number of hydrogen-bond acceptors (Lipinski definition) is 16. The van der Waals surface area contributed by atoms with Gasteiger partial charge in [-0.2, -0.15) is 5.26 Å². The van der Waals surface area contributed by atoms with Crippen LogP contribution in [0.3, 0.4) is 0 Å². The van der Waals surface area contributed by atoms with Gasteiger partial charge in [-0.15, -0.1) is 11.8 Å². The number of fused-ring (bicyclic) bond motifs is 9. The molecule has 7 heterocycles. The lowest BCUT2D eigenvalue weighted by molar-refractivity contribution is -0.155. The maximum Gasteiger partial charge on any atom is 0.514 e. The number of aromatic hydroxyl groups is 2. The van der Waals surface area contributed by atoms with Crippen LogP contribution < -0.4 is 34.3 Å². The first-order valence-corrected chi connectivity index (χ1v) is 20.4. The number of aryl methyl sites for hydroxylation is 1. The van der Waals surface area contributed by atoms with E-state index in [1.165, 1.54) is 26.0 Å². The summed E-state index contributed by atoms with van der Waals surface area (Å²) in [5.41, 5.74) is 3.25. The SMILES string of the molecule is COc1cc2c(cc1OC(=O)OC(C)(C)C)CCN[C@]21CS[C@@H]2c3c(O)c(C)c4c(c3[C@H](COC1=O)N1C2[C@@H]2N[C@@H](Cc3cc(C)c(OC)c(O)c32)[C@@H]1C#N)OCO4. The van der Waals surface area contributed by atoms with Crippen molar-refractivity contribution in [3.05, 3.63) is 62.7 Å². The number of nitrogens with zero attached hydrogens (tertiary/aromatic N) is 2. The highest BCUT2D eigenvalue weighted by Crippen LogP contribution is 2.63. The number of rotatable bonds is 3. The quantitative estimate of drug-likeness (QED) is 0.203. The Balaban J connectivity index is 1.22. The fraction of sp³-hybridized carbons (Fsp3) is 0.500. The second-order valence-electron chi connectivity index (χ2n) is 16.6. The third kappa shape index (κ3) is 5.65. The molecule has 3 aromatic rings. The van der Waals surface area contributed by atoms with Crippen molar-refractivity contribution in [3.63, 3.8) is 0 Å². The molecule has 1 unspecified atom stereocenters. The van der Waals surface area contributed by atoms with Crippen LogP contribution in [0.4, 0.5) is 4.79 Å². The number of esters is 1. The fourth-order valence-electron chi connectivity index (χ4n) is 9.96. The van der Waals surface area contributed by atoms with Crippen LogP contribution >= 0.6 is 11.8 Å². The normalized spacial score (nSPS) is 27.9. The number of nitriles is 1. The van der Waals surface area contributed by atoms with Crippen LogP contribution in [-0.4, -0.2) is 90.9 Å². The summed E-state index contributed by atoms with van der Waals surface area (Å²) in [5.74, 6) is 1.24. The Morgan fingerprint density at radius 1 is 1.02 bits per heavy atom. The van der Waals surface area contributed by atoms with Crippen molar-refractivity contribution in [3.8, 4) is 46.3 Å². The molecule has 7 atom stereocenters. The summed E-state index contributed by atoms with van der Waals surface area (Å²) in [4.78, 5) is 29.7. The van der Waals surface area contributed by atoms with Gasteiger partial charge in [-0.05, 0) is 81.8 Å². The minimum Gasteiger partial charge on any atom is -0.507 e. The molecule has 15 nitrogen and oxygen atoms in total. The summed E-state index contributed by atoms with van der Waals surface area (Å²) in [6.45, 7) is 9.04. The number of phenolic OH excluding ortho intramolecular Hbond substituents is 2. The van der Waals surface area contributed by atoms with Gasteiger partial charge in [0.1, 0.15) is 24.0 Å². The molecule has 0 amide bonds. The zero-order valence-corrected chi connectivity index (χ0v) is 34.1. The molecule has 0 aromatic heterocycles. The van der Waals surface area contributed by atoms with Crippen LogP contribution in [0.25, 0.3) is 0 Å². The zero-order valence-electron chi connectivity index (χ0n) is 33.3. The zero-order chi connectivity index (χ0) is 41.0. The van der Waals surface area contributed by atoms with Crippen molar-refractivity contribution in [2.45, 2.75) is 94.1 Å². The van der Waals surface area contributed by atoms with Crippen molar-refractivity contribution in [1.29, 1.82) is 5.26 Å². The number of nitrogens with one attached hydrogen (secondary N) is 2. The number of carbonyl (C=O) groups is 2. The molecule has 10 rings (SSSR count). The maximum absolute atomic E-state index is 14.9. The molecule has 58 heavy (non-hydrogen) atoms. The van der Waals surface area contributed by atoms with Crippen molar-refractivity contribution >= 4 is 23.9 Å². The topological polar surface area (TPSA) is 190 Å². The van der Waals surface area contributed by atoms with E-state index in [9.17, 15) is 25.1 Å². The van der Waals surface area contributed by atoms with E-state index in [4.69, 9.17) is 33.2 Å². The molecule has 7 aliphatic rings. The number of hydrogen-bond donors (Lipinski definition) is 4. The van der Waals surface area contributed by atoms with E-state index in [0.29, 0.717) is 64.5 Å². The van der Waals surface area contributed by atoms with Crippen molar-refractivity contribution in [2.24, 2.45) is 0 Å². The van der Waals surface area contributed by atoms with E-state index in [-0.39, 0.29) is 48.2 Å². The first-order chi connectivity index (χ1) is 27.7. The number of methoxy groups -OCH3 is 2. The maximum atomic E-state index is 14.9. The second kappa shape index (κ2) is 13.8. The average molecular weight is 815 g/mol. The standard InChI is InChI=1S/C42H46N4O11S/c1-18-10-21-11-23-24(14-43)46-25-15-53-39(49)42(22-13-26(51-6)27(12-20(22)8-9-44-42)56-40(50)57-41(3,4)5)16-58-38(32(46)31(45-23)28(21)34(48)35(18)52-7)30-29(25)37-36(54-17-55-37)19(2)33(30)47/h10,12-13,23-25,31-32,38,44-45,47-48H,8-9,11,15-17H2,1-7H3/t23-,24-,25-,31+,32?,38+,42+/m0/s1. The van der Waals surface area contributed by atoms with E-state index in [1.807, 2.05) is 13.0 Å². The lowest BCUT2D eigenvalue weighted by Crippen LogP contribution is -2.69. The third-order valence-electron chi connectivity index (χ3n) is 12.3. The van der Waals surface area contributed by atoms with Gasteiger partial charge in [-0.25, -0.2) is 9.59 Å². The van der Waals surface area contributed by atoms with Crippen LogP contribution in [-0.2, 0) is 32.6 Å². The van der Waals surface area contributed by atoms with Gasteiger partial charge >= 0.3 is 12.1 Å². The van der Waals surface area contributed by atoms with E-state index in [1.54, 1.807) is 39.8 Å². The van der Waals surface area contributed by atoms with Crippen molar-refractivity contribution < 1.29 is 53.0 Å². The molecule has 3 aromatic carbocycles. The van der Waals surface area contributed by atoms with Crippen LogP contribution in [0.5, 0.6) is 40.2 Å². The lowest BCUT2D eigenvalue weighted by Gasteiger charge is -2.59. The highest BCUT2D eigenvalue weighted by atomic mass is 32.2. The highest BCUT2D eigenvalue weighted by molar-refractivity contribution is 7.99. The summed E-state index contributed by atoms with van der Waals surface area (Å²) in [5, 5.41) is 41.8. The number of thioether (sulfide) groups is 1. The molecule has 4 bridgehead atoms. The van der Waals surface area contributed by atoms with E-state index in [0.717, 1.165) is 16.7 Å². The largest absolute Gasteiger partial charge is 0.514 e. The average Bonchev–Trinajstić information content (AvgIpc) is 3.67. The van der Waals surface area contributed by atoms with Gasteiger partial charge in [-0.3, -0.25) is 10.2 Å². The van der Waals surface area contributed by atoms with Crippen molar-refractivity contribution in [2.75, 3.05) is 39.9 Å². The number of piperazine rings is 1. The molecule has 7 aliphatic heterocycles. The van der Waals surface area contributed by atoms with Crippen LogP contribution in [0, 0.1) is 25.2 Å². The molecule has 0 aliphatic carbocycles. The summed E-state index contributed by atoms with van der Waals surface area (Å²) < 4.78 is 41.0. The Bertz CT molecular complexity index is 2310. The summed E-state index contributed by atoms with van der Waals surface area (Å²) in [6.07, 6.45) is 0.0817. The molecule has 2 saturated heterocycles. The molecular formula is C42H46N4O11S. The highest BCUT2D eigenvalue weighted by Gasteiger charge is 2.60. The Kier molecular flexibility index (Phi) is 9.12.